The molecule has 1 aromatic carbocycles. The summed E-state index contributed by atoms with van der Waals surface area (Å²) in [5.74, 6) is -1.68. The quantitative estimate of drug-likeness (QED) is 0.794. The third kappa shape index (κ3) is 3.85. The van der Waals surface area contributed by atoms with Crippen LogP contribution in [0.2, 0.25) is 0 Å². The van der Waals surface area contributed by atoms with Crippen LogP contribution in [0.5, 0.6) is 0 Å². The maximum Gasteiger partial charge on any atom is 0.335 e. The molecule has 0 unspecified atom stereocenters. The molecule has 2 aromatic rings. The van der Waals surface area contributed by atoms with E-state index in [4.69, 9.17) is 0 Å². The van der Waals surface area contributed by atoms with E-state index >= 15 is 0 Å². The zero-order valence-corrected chi connectivity index (χ0v) is 15.8. The summed E-state index contributed by atoms with van der Waals surface area (Å²) in [5, 5.41) is 12.0. The first-order chi connectivity index (χ1) is 12.8. The molecule has 0 saturated carbocycles. The Bertz CT molecular complexity index is 1030. The fourth-order valence-electron chi connectivity index (χ4n) is 2.86. The Balaban J connectivity index is 1.96. The van der Waals surface area contributed by atoms with E-state index in [1.165, 1.54) is 13.0 Å². The van der Waals surface area contributed by atoms with Crippen LogP contribution in [0.3, 0.4) is 0 Å². The van der Waals surface area contributed by atoms with Gasteiger partial charge in [0.25, 0.3) is 5.91 Å². The number of thioether (sulfide) groups is 1. The van der Waals surface area contributed by atoms with Gasteiger partial charge in [0.05, 0.1) is 10.5 Å². The lowest BCUT2D eigenvalue weighted by Crippen LogP contribution is -2.23. The molecular formula is C19H17N3O4S. The number of aryl methyl sites for hydroxylation is 1. The van der Waals surface area contributed by atoms with Crippen molar-refractivity contribution in [1.29, 1.82) is 0 Å². The Kier molecular flexibility index (Phi) is 5.00. The number of nitrogens with one attached hydrogen (secondary N) is 1. The number of carbonyl (C=O) groups is 3. The van der Waals surface area contributed by atoms with Crippen molar-refractivity contribution in [1.82, 2.24) is 9.88 Å². The molecule has 0 bridgehead atoms. The van der Waals surface area contributed by atoms with Gasteiger partial charge in [0.2, 0.25) is 5.91 Å². The zero-order valence-electron chi connectivity index (χ0n) is 14.9. The highest BCUT2D eigenvalue weighted by Crippen LogP contribution is 2.30. The highest BCUT2D eigenvalue weighted by atomic mass is 32.2. The largest absolute Gasteiger partial charge is 0.478 e. The molecule has 1 aromatic heterocycles. The molecule has 2 heterocycles. The SMILES string of the molecule is CC(=O)NC1=NC(=O)/C(=C/c2cc(C)n(-c3cccc(C(=O)O)c3)c2C)S1. The Labute approximate surface area is 159 Å². The predicted octanol–water partition coefficient (Wildman–Crippen LogP) is 2.90. The molecule has 0 aliphatic carbocycles. The highest BCUT2D eigenvalue weighted by Gasteiger charge is 2.23. The lowest BCUT2D eigenvalue weighted by molar-refractivity contribution is -0.117. The number of nitrogens with zero attached hydrogens (tertiary/aromatic N) is 2. The molecule has 0 atom stereocenters. The molecule has 0 radical (unpaired) electrons. The van der Waals surface area contributed by atoms with E-state index in [1.807, 2.05) is 30.5 Å². The van der Waals surface area contributed by atoms with E-state index in [-0.39, 0.29) is 16.6 Å². The molecule has 1 aliphatic heterocycles. The van der Waals surface area contributed by atoms with Crippen LogP contribution in [-0.4, -0.2) is 32.6 Å². The van der Waals surface area contributed by atoms with Gasteiger partial charge in [-0.05, 0) is 61.5 Å². The average molecular weight is 383 g/mol. The number of amidine groups is 1. The van der Waals surface area contributed by atoms with E-state index in [0.29, 0.717) is 4.91 Å². The summed E-state index contributed by atoms with van der Waals surface area (Å²) >= 11 is 1.11. The van der Waals surface area contributed by atoms with Gasteiger partial charge in [-0.2, -0.15) is 4.99 Å². The summed E-state index contributed by atoms with van der Waals surface area (Å²) in [4.78, 5) is 38.7. The standard InChI is InChI=1S/C19H17N3O4S/c1-10-7-14(9-16-17(24)21-19(27-16)20-12(3)23)11(2)22(10)15-6-4-5-13(8-15)18(25)26/h4-9H,1-3H3,(H,25,26)(H,20,21,23,24)/b16-9-. The van der Waals surface area contributed by atoms with Crippen molar-refractivity contribution in [3.8, 4) is 5.69 Å². The molecule has 8 heteroatoms. The summed E-state index contributed by atoms with van der Waals surface area (Å²) < 4.78 is 1.93. The number of carboxylic acids is 1. The normalized spacial score (nSPS) is 15.1. The molecule has 3 rings (SSSR count). The molecule has 2 amide bonds. The molecular weight excluding hydrogens is 366 g/mol. The number of carboxylic acid groups (broad SMARTS) is 1. The Hall–Kier alpha value is -3.13. The van der Waals surface area contributed by atoms with Crippen LogP contribution in [0.15, 0.2) is 40.2 Å². The van der Waals surface area contributed by atoms with Gasteiger partial charge in [0.15, 0.2) is 5.17 Å². The van der Waals surface area contributed by atoms with Crippen molar-refractivity contribution in [2.24, 2.45) is 4.99 Å². The maximum atomic E-state index is 12.1. The van der Waals surface area contributed by atoms with Gasteiger partial charge in [0, 0.05) is 24.0 Å². The van der Waals surface area contributed by atoms with Crippen LogP contribution in [0.1, 0.15) is 34.2 Å². The third-order valence-electron chi connectivity index (χ3n) is 4.01. The molecule has 27 heavy (non-hydrogen) atoms. The number of hydrogen-bond acceptors (Lipinski definition) is 4. The third-order valence-corrected chi connectivity index (χ3v) is 4.91. The first-order valence-electron chi connectivity index (χ1n) is 8.09. The highest BCUT2D eigenvalue weighted by molar-refractivity contribution is 8.18. The van der Waals surface area contributed by atoms with Crippen molar-refractivity contribution < 1.29 is 19.5 Å². The first-order valence-corrected chi connectivity index (χ1v) is 8.90. The predicted molar refractivity (Wildman–Crippen MR) is 104 cm³/mol. The lowest BCUT2D eigenvalue weighted by atomic mass is 10.2. The summed E-state index contributed by atoms with van der Waals surface area (Å²) in [5.41, 5.74) is 3.53. The number of aromatic nitrogens is 1. The van der Waals surface area contributed by atoms with Crippen LogP contribution >= 0.6 is 11.8 Å². The number of amides is 2. The number of benzene rings is 1. The number of aliphatic imine (C=N–C) groups is 1. The van der Waals surface area contributed by atoms with Crippen molar-refractivity contribution in [3.63, 3.8) is 0 Å². The van der Waals surface area contributed by atoms with Gasteiger partial charge in [-0.15, -0.1) is 0 Å². The van der Waals surface area contributed by atoms with Crippen molar-refractivity contribution in [3.05, 3.63) is 57.8 Å². The van der Waals surface area contributed by atoms with E-state index in [0.717, 1.165) is 34.4 Å². The molecule has 138 valence electrons. The van der Waals surface area contributed by atoms with Gasteiger partial charge in [-0.25, -0.2) is 4.79 Å². The van der Waals surface area contributed by atoms with Crippen LogP contribution in [0.25, 0.3) is 11.8 Å². The Morgan fingerprint density at radius 1 is 1.26 bits per heavy atom. The number of carbonyl (C=O) groups excluding carboxylic acids is 2. The monoisotopic (exact) mass is 383 g/mol. The van der Waals surface area contributed by atoms with Crippen LogP contribution in [0, 0.1) is 13.8 Å². The minimum absolute atomic E-state index is 0.203. The number of rotatable bonds is 3. The fourth-order valence-corrected chi connectivity index (χ4v) is 3.71. The molecule has 7 nitrogen and oxygen atoms in total. The minimum atomic E-state index is -0.989. The van der Waals surface area contributed by atoms with Crippen molar-refractivity contribution in [2.45, 2.75) is 20.8 Å². The van der Waals surface area contributed by atoms with E-state index in [9.17, 15) is 19.5 Å². The molecule has 1 aliphatic rings. The fraction of sp³-hybridized carbons (Fsp3) is 0.158. The van der Waals surface area contributed by atoms with Gasteiger partial charge in [0.1, 0.15) is 0 Å². The van der Waals surface area contributed by atoms with Gasteiger partial charge < -0.3 is 15.0 Å². The second-order valence-corrected chi connectivity index (χ2v) is 7.06. The van der Waals surface area contributed by atoms with Crippen LogP contribution < -0.4 is 5.32 Å². The number of aromatic carboxylic acids is 1. The van der Waals surface area contributed by atoms with Gasteiger partial charge in [-0.3, -0.25) is 9.59 Å². The number of hydrogen-bond donors (Lipinski definition) is 2. The van der Waals surface area contributed by atoms with E-state index in [2.05, 4.69) is 10.3 Å². The minimum Gasteiger partial charge on any atom is -0.478 e. The average Bonchev–Trinajstić information content (AvgIpc) is 3.06. The summed E-state index contributed by atoms with van der Waals surface area (Å²) in [6.45, 7) is 5.16. The summed E-state index contributed by atoms with van der Waals surface area (Å²) in [6.07, 6.45) is 1.73. The van der Waals surface area contributed by atoms with E-state index in [1.54, 1.807) is 18.2 Å². The second kappa shape index (κ2) is 7.24. The second-order valence-electron chi connectivity index (χ2n) is 6.03. The van der Waals surface area contributed by atoms with Gasteiger partial charge >= 0.3 is 5.97 Å². The lowest BCUT2D eigenvalue weighted by Gasteiger charge is -2.10. The molecule has 0 spiro atoms. The summed E-state index contributed by atoms with van der Waals surface area (Å²) in [6, 6.07) is 8.58. The Morgan fingerprint density at radius 3 is 2.67 bits per heavy atom. The molecule has 2 N–H and O–H groups in total. The summed E-state index contributed by atoms with van der Waals surface area (Å²) in [7, 11) is 0. The first kappa shape index (κ1) is 18.7. The van der Waals surface area contributed by atoms with E-state index < -0.39 is 11.9 Å². The van der Waals surface area contributed by atoms with Gasteiger partial charge in [-0.1, -0.05) is 6.07 Å². The maximum absolute atomic E-state index is 12.1. The topological polar surface area (TPSA) is 101 Å². The zero-order chi connectivity index (χ0) is 19.7. The van der Waals surface area contributed by atoms with Crippen molar-refractivity contribution >= 4 is 40.8 Å². The molecule has 0 fully saturated rings. The smallest absolute Gasteiger partial charge is 0.335 e. The van der Waals surface area contributed by atoms with Crippen LogP contribution in [-0.2, 0) is 9.59 Å². The molecule has 0 saturated heterocycles. The van der Waals surface area contributed by atoms with Crippen molar-refractivity contribution in [2.75, 3.05) is 0 Å². The Morgan fingerprint density at radius 2 is 2.00 bits per heavy atom. The van der Waals surface area contributed by atoms with Crippen LogP contribution in [0.4, 0.5) is 0 Å².